The molecular weight excluding hydrogens is 150 g/mol. The van der Waals surface area contributed by atoms with E-state index in [0.29, 0.717) is 6.04 Å². The first-order valence-corrected chi connectivity index (χ1v) is 5.13. The van der Waals surface area contributed by atoms with Crippen molar-refractivity contribution in [3.05, 3.63) is 0 Å². The van der Waals surface area contributed by atoms with Crippen molar-refractivity contribution in [2.45, 2.75) is 45.7 Å². The molecule has 0 radical (unpaired) electrons. The number of rotatable bonds is 3. The molecule has 1 aliphatic heterocycles. The first-order valence-electron chi connectivity index (χ1n) is 5.13. The molecule has 0 amide bonds. The molecule has 1 aliphatic rings. The van der Waals surface area contributed by atoms with Crippen molar-refractivity contribution in [3.63, 3.8) is 0 Å². The molecule has 1 rings (SSSR count). The van der Waals surface area contributed by atoms with Crippen molar-refractivity contribution >= 4 is 0 Å². The second kappa shape index (κ2) is 4.83. The maximum Gasteiger partial charge on any atom is 0.0619 e. The summed E-state index contributed by atoms with van der Waals surface area (Å²) in [7, 11) is 0. The van der Waals surface area contributed by atoms with E-state index in [1.165, 1.54) is 12.8 Å². The second-order valence-electron chi connectivity index (χ2n) is 3.63. The van der Waals surface area contributed by atoms with Crippen LogP contribution in [0.5, 0.6) is 0 Å². The fourth-order valence-electron chi connectivity index (χ4n) is 2.04. The zero-order valence-corrected chi connectivity index (χ0v) is 8.55. The molecule has 0 saturated carbocycles. The van der Waals surface area contributed by atoms with Gasteiger partial charge in [0.25, 0.3) is 0 Å². The molecule has 0 bridgehead atoms. The van der Waals surface area contributed by atoms with Gasteiger partial charge in [-0.25, -0.2) is 0 Å². The monoisotopic (exact) mass is 171 g/mol. The normalized spacial score (nSPS) is 26.5. The Morgan fingerprint density at radius 3 is 2.58 bits per heavy atom. The van der Waals surface area contributed by atoms with E-state index in [1.807, 2.05) is 0 Å². The first-order chi connectivity index (χ1) is 5.79. The van der Waals surface area contributed by atoms with E-state index >= 15 is 0 Å². The van der Waals surface area contributed by atoms with E-state index in [0.717, 1.165) is 25.8 Å². The van der Waals surface area contributed by atoms with E-state index in [2.05, 4.69) is 25.7 Å². The molecule has 0 spiro atoms. The summed E-state index contributed by atoms with van der Waals surface area (Å²) in [6.07, 6.45) is 2.53. The van der Waals surface area contributed by atoms with Crippen molar-refractivity contribution < 1.29 is 4.74 Å². The van der Waals surface area contributed by atoms with Gasteiger partial charge >= 0.3 is 0 Å². The SMILES string of the molecule is CCC(CC)N1CCOC[C@H]1C. The molecule has 12 heavy (non-hydrogen) atoms. The molecule has 2 nitrogen and oxygen atoms in total. The highest BCUT2D eigenvalue weighted by Crippen LogP contribution is 2.15. The fourth-order valence-corrected chi connectivity index (χ4v) is 2.04. The summed E-state index contributed by atoms with van der Waals surface area (Å²) in [6.45, 7) is 9.76. The average Bonchev–Trinajstić information content (AvgIpc) is 2.10. The topological polar surface area (TPSA) is 12.5 Å². The average molecular weight is 171 g/mol. The van der Waals surface area contributed by atoms with Crippen LogP contribution >= 0.6 is 0 Å². The lowest BCUT2D eigenvalue weighted by atomic mass is 10.1. The highest BCUT2D eigenvalue weighted by molar-refractivity contribution is 4.77. The van der Waals surface area contributed by atoms with Gasteiger partial charge in [-0.2, -0.15) is 0 Å². The van der Waals surface area contributed by atoms with Gasteiger partial charge in [-0.15, -0.1) is 0 Å². The van der Waals surface area contributed by atoms with Crippen LogP contribution in [0, 0.1) is 0 Å². The van der Waals surface area contributed by atoms with Crippen molar-refractivity contribution in [3.8, 4) is 0 Å². The van der Waals surface area contributed by atoms with Gasteiger partial charge in [-0.3, -0.25) is 4.90 Å². The molecule has 0 aromatic rings. The van der Waals surface area contributed by atoms with Crippen LogP contribution in [0.2, 0.25) is 0 Å². The Morgan fingerprint density at radius 2 is 2.08 bits per heavy atom. The minimum atomic E-state index is 0.614. The van der Waals surface area contributed by atoms with Gasteiger partial charge in [0, 0.05) is 18.6 Å². The minimum Gasteiger partial charge on any atom is -0.379 e. The number of hydrogen-bond acceptors (Lipinski definition) is 2. The summed E-state index contributed by atoms with van der Waals surface area (Å²) in [5.41, 5.74) is 0. The quantitative estimate of drug-likeness (QED) is 0.643. The molecule has 1 atom stereocenters. The summed E-state index contributed by atoms with van der Waals surface area (Å²) < 4.78 is 5.41. The molecule has 2 heteroatoms. The number of nitrogens with zero attached hydrogens (tertiary/aromatic N) is 1. The number of hydrogen-bond donors (Lipinski definition) is 0. The number of ether oxygens (including phenoxy) is 1. The van der Waals surface area contributed by atoms with E-state index < -0.39 is 0 Å². The van der Waals surface area contributed by atoms with Gasteiger partial charge in [-0.1, -0.05) is 13.8 Å². The van der Waals surface area contributed by atoms with Crippen LogP contribution in [0.15, 0.2) is 0 Å². The van der Waals surface area contributed by atoms with Gasteiger partial charge in [0.2, 0.25) is 0 Å². The molecule has 0 aliphatic carbocycles. The van der Waals surface area contributed by atoms with Crippen LogP contribution in [0.3, 0.4) is 0 Å². The third-order valence-corrected chi connectivity index (χ3v) is 2.83. The van der Waals surface area contributed by atoms with Crippen molar-refractivity contribution in [1.29, 1.82) is 0 Å². The Bertz CT molecular complexity index is 123. The van der Waals surface area contributed by atoms with Gasteiger partial charge in [0.15, 0.2) is 0 Å². The highest BCUT2D eigenvalue weighted by Gasteiger charge is 2.23. The maximum absolute atomic E-state index is 5.41. The van der Waals surface area contributed by atoms with E-state index in [-0.39, 0.29) is 0 Å². The zero-order chi connectivity index (χ0) is 8.97. The smallest absolute Gasteiger partial charge is 0.0619 e. The van der Waals surface area contributed by atoms with Gasteiger partial charge in [0.05, 0.1) is 13.2 Å². The van der Waals surface area contributed by atoms with Crippen LogP contribution in [0.1, 0.15) is 33.6 Å². The summed E-state index contributed by atoms with van der Waals surface area (Å²) in [4.78, 5) is 2.59. The third kappa shape index (κ3) is 2.20. The Balaban J connectivity index is 2.45. The molecule has 1 saturated heterocycles. The summed E-state index contributed by atoms with van der Waals surface area (Å²) in [6, 6.07) is 1.38. The van der Waals surface area contributed by atoms with Gasteiger partial charge < -0.3 is 4.74 Å². The molecular formula is C10H21NO. The summed E-state index contributed by atoms with van der Waals surface area (Å²) in [5.74, 6) is 0. The van der Waals surface area contributed by atoms with Crippen LogP contribution < -0.4 is 0 Å². The minimum absolute atomic E-state index is 0.614. The highest BCUT2D eigenvalue weighted by atomic mass is 16.5. The molecule has 0 unspecified atom stereocenters. The Labute approximate surface area is 75.9 Å². The van der Waals surface area contributed by atoms with Crippen LogP contribution in [0.25, 0.3) is 0 Å². The third-order valence-electron chi connectivity index (χ3n) is 2.83. The Kier molecular flexibility index (Phi) is 4.02. The van der Waals surface area contributed by atoms with Crippen LogP contribution in [-0.4, -0.2) is 36.7 Å². The molecule has 1 heterocycles. The van der Waals surface area contributed by atoms with E-state index in [1.54, 1.807) is 0 Å². The first kappa shape index (κ1) is 10.0. The molecule has 1 fully saturated rings. The van der Waals surface area contributed by atoms with Crippen molar-refractivity contribution in [1.82, 2.24) is 4.90 Å². The van der Waals surface area contributed by atoms with Crippen LogP contribution in [0.4, 0.5) is 0 Å². The lowest BCUT2D eigenvalue weighted by Gasteiger charge is -2.38. The zero-order valence-electron chi connectivity index (χ0n) is 8.55. The second-order valence-corrected chi connectivity index (χ2v) is 3.63. The summed E-state index contributed by atoms with van der Waals surface area (Å²) in [5, 5.41) is 0. The van der Waals surface area contributed by atoms with Crippen molar-refractivity contribution in [2.24, 2.45) is 0 Å². The van der Waals surface area contributed by atoms with E-state index in [4.69, 9.17) is 4.74 Å². The van der Waals surface area contributed by atoms with Crippen LogP contribution in [-0.2, 0) is 4.74 Å². The molecule has 0 aromatic carbocycles. The van der Waals surface area contributed by atoms with Gasteiger partial charge in [0.1, 0.15) is 0 Å². The lowest BCUT2D eigenvalue weighted by molar-refractivity contribution is -0.0234. The van der Waals surface area contributed by atoms with Gasteiger partial charge in [-0.05, 0) is 19.8 Å². The predicted molar refractivity (Wildman–Crippen MR) is 51.4 cm³/mol. The Hall–Kier alpha value is -0.0800. The molecule has 72 valence electrons. The largest absolute Gasteiger partial charge is 0.379 e. The van der Waals surface area contributed by atoms with E-state index in [9.17, 15) is 0 Å². The number of morpholine rings is 1. The lowest BCUT2D eigenvalue weighted by Crippen LogP contribution is -2.48. The molecule has 0 aromatic heterocycles. The standard InChI is InChI=1S/C10H21NO/c1-4-10(5-2)11-6-7-12-8-9(11)3/h9-10H,4-8H2,1-3H3/t9-/m1/s1. The summed E-state index contributed by atoms with van der Waals surface area (Å²) >= 11 is 0. The van der Waals surface area contributed by atoms with Crippen molar-refractivity contribution in [2.75, 3.05) is 19.8 Å². The predicted octanol–water partition coefficient (Wildman–Crippen LogP) is 1.90. The Morgan fingerprint density at radius 1 is 1.42 bits per heavy atom. The maximum atomic E-state index is 5.41. The fraction of sp³-hybridized carbons (Fsp3) is 1.00. The molecule has 0 N–H and O–H groups in total.